The van der Waals surface area contributed by atoms with Crippen LogP contribution in [0, 0.1) is 19.8 Å². The molecule has 1 aliphatic rings. The first-order chi connectivity index (χ1) is 16.5. The zero-order chi connectivity index (χ0) is 24.1. The van der Waals surface area contributed by atoms with Crippen LogP contribution in [0.5, 0.6) is 5.75 Å². The molecule has 178 valence electrons. The van der Waals surface area contributed by atoms with Crippen LogP contribution in [0.1, 0.15) is 24.0 Å². The average molecular weight is 479 g/mol. The van der Waals surface area contributed by atoms with E-state index in [1.54, 1.807) is 13.3 Å². The SMILES string of the molecule is COc1ccccc1NC(=O)C1CCN(C(=O)CSc2nccn2-c2cc(C)ccc2C)CC1. The largest absolute Gasteiger partial charge is 0.495 e. The molecule has 1 saturated heterocycles. The van der Waals surface area contributed by atoms with Crippen LogP contribution in [-0.2, 0) is 9.59 Å². The summed E-state index contributed by atoms with van der Waals surface area (Å²) in [6.07, 6.45) is 4.99. The van der Waals surface area contributed by atoms with Crippen LogP contribution in [0.3, 0.4) is 0 Å². The fraction of sp³-hybridized carbons (Fsp3) is 0.346. The number of benzene rings is 2. The number of imidazole rings is 1. The second-order valence-corrected chi connectivity index (χ2v) is 9.45. The van der Waals surface area contributed by atoms with Crippen molar-refractivity contribution in [2.75, 3.05) is 31.3 Å². The van der Waals surface area contributed by atoms with Crippen LogP contribution in [0.25, 0.3) is 5.69 Å². The molecule has 1 aliphatic heterocycles. The summed E-state index contributed by atoms with van der Waals surface area (Å²) in [4.78, 5) is 31.9. The average Bonchev–Trinajstić information content (AvgIpc) is 3.33. The number of nitrogens with one attached hydrogen (secondary N) is 1. The monoisotopic (exact) mass is 478 g/mol. The Balaban J connectivity index is 1.30. The highest BCUT2D eigenvalue weighted by Crippen LogP contribution is 2.27. The van der Waals surface area contributed by atoms with E-state index >= 15 is 0 Å². The number of anilines is 1. The van der Waals surface area contributed by atoms with Gasteiger partial charge in [-0.05, 0) is 56.0 Å². The Morgan fingerprint density at radius 2 is 1.91 bits per heavy atom. The third kappa shape index (κ3) is 5.44. The topological polar surface area (TPSA) is 76.5 Å². The molecule has 1 fully saturated rings. The Bertz CT molecular complexity index is 1170. The first-order valence-electron chi connectivity index (χ1n) is 11.4. The van der Waals surface area contributed by atoms with Gasteiger partial charge in [0.2, 0.25) is 11.8 Å². The highest BCUT2D eigenvalue weighted by Gasteiger charge is 2.28. The second-order valence-electron chi connectivity index (χ2n) is 8.50. The van der Waals surface area contributed by atoms with Crippen molar-refractivity contribution in [3.63, 3.8) is 0 Å². The first-order valence-corrected chi connectivity index (χ1v) is 12.4. The lowest BCUT2D eigenvalue weighted by Gasteiger charge is -2.31. The number of methoxy groups -OCH3 is 1. The Labute approximate surface area is 204 Å². The maximum atomic E-state index is 12.9. The lowest BCUT2D eigenvalue weighted by atomic mass is 9.96. The van der Waals surface area contributed by atoms with Gasteiger partial charge in [0.05, 0.1) is 24.2 Å². The predicted molar refractivity (Wildman–Crippen MR) is 135 cm³/mol. The fourth-order valence-electron chi connectivity index (χ4n) is 4.15. The van der Waals surface area contributed by atoms with Gasteiger partial charge in [0.1, 0.15) is 5.75 Å². The molecule has 3 aromatic rings. The Morgan fingerprint density at radius 3 is 2.68 bits per heavy atom. The molecular formula is C26H30N4O3S. The molecule has 0 atom stereocenters. The van der Waals surface area contributed by atoms with Gasteiger partial charge in [0.15, 0.2) is 5.16 Å². The Hall–Kier alpha value is -3.26. The van der Waals surface area contributed by atoms with Crippen LogP contribution in [-0.4, -0.2) is 52.2 Å². The summed E-state index contributed by atoms with van der Waals surface area (Å²) in [5.41, 5.74) is 4.09. The molecule has 0 unspecified atom stereocenters. The van der Waals surface area contributed by atoms with Crippen molar-refractivity contribution in [3.8, 4) is 11.4 Å². The van der Waals surface area contributed by atoms with Crippen LogP contribution in [0.4, 0.5) is 5.69 Å². The van der Waals surface area contributed by atoms with Gasteiger partial charge in [-0.1, -0.05) is 36.0 Å². The molecule has 0 aliphatic carbocycles. The molecule has 1 N–H and O–H groups in total. The fourth-order valence-corrected chi connectivity index (χ4v) is 5.02. The number of thioether (sulfide) groups is 1. The lowest BCUT2D eigenvalue weighted by Crippen LogP contribution is -2.42. The highest BCUT2D eigenvalue weighted by molar-refractivity contribution is 7.99. The van der Waals surface area contributed by atoms with Crippen LogP contribution in [0.2, 0.25) is 0 Å². The third-order valence-corrected chi connectivity index (χ3v) is 7.09. The number of rotatable bonds is 7. The Kier molecular flexibility index (Phi) is 7.57. The molecule has 2 amide bonds. The molecule has 0 bridgehead atoms. The molecule has 1 aromatic heterocycles. The van der Waals surface area contributed by atoms with Crippen LogP contribution >= 0.6 is 11.8 Å². The van der Waals surface area contributed by atoms with Crippen molar-refractivity contribution in [3.05, 3.63) is 66.0 Å². The van der Waals surface area contributed by atoms with Crippen molar-refractivity contribution in [1.82, 2.24) is 14.5 Å². The number of aryl methyl sites for hydroxylation is 2. The van der Waals surface area contributed by atoms with E-state index in [1.807, 2.05) is 39.9 Å². The Morgan fingerprint density at radius 1 is 1.15 bits per heavy atom. The van der Waals surface area contributed by atoms with E-state index in [-0.39, 0.29) is 17.7 Å². The van der Waals surface area contributed by atoms with Crippen molar-refractivity contribution in [2.24, 2.45) is 5.92 Å². The van der Waals surface area contributed by atoms with E-state index in [0.29, 0.717) is 43.1 Å². The van der Waals surface area contributed by atoms with Crippen molar-refractivity contribution in [1.29, 1.82) is 0 Å². The molecule has 0 saturated carbocycles. The van der Waals surface area contributed by atoms with Crippen LogP contribution in [0.15, 0.2) is 60.0 Å². The minimum atomic E-state index is -0.121. The molecule has 2 heterocycles. The molecule has 0 spiro atoms. The predicted octanol–water partition coefficient (Wildman–Crippen LogP) is 4.47. The van der Waals surface area contributed by atoms with E-state index in [2.05, 4.69) is 42.3 Å². The number of hydrogen-bond donors (Lipinski definition) is 1. The summed E-state index contributed by atoms with van der Waals surface area (Å²) < 4.78 is 7.35. The standard InChI is InChI=1S/C26H30N4O3S/c1-18-8-9-19(2)22(16-18)30-15-12-27-26(30)34-17-24(31)29-13-10-20(11-14-29)25(32)28-21-6-4-5-7-23(21)33-3/h4-9,12,15-16,20H,10-11,13-14,17H2,1-3H3,(H,28,32). The minimum Gasteiger partial charge on any atom is -0.495 e. The number of hydrogen-bond acceptors (Lipinski definition) is 5. The molecule has 0 radical (unpaired) electrons. The normalized spacial score (nSPS) is 14.1. The number of piperidine rings is 1. The number of para-hydroxylation sites is 2. The smallest absolute Gasteiger partial charge is 0.233 e. The summed E-state index contributed by atoms with van der Waals surface area (Å²) in [6, 6.07) is 13.7. The number of carbonyl (C=O) groups is 2. The molecule has 34 heavy (non-hydrogen) atoms. The van der Waals surface area contributed by atoms with E-state index in [1.165, 1.54) is 17.3 Å². The summed E-state index contributed by atoms with van der Waals surface area (Å²) in [6.45, 7) is 5.29. The van der Waals surface area contributed by atoms with E-state index in [0.717, 1.165) is 16.4 Å². The summed E-state index contributed by atoms with van der Waals surface area (Å²) in [7, 11) is 1.58. The van der Waals surface area contributed by atoms with Crippen molar-refractivity contribution >= 4 is 29.3 Å². The number of amides is 2. The van der Waals surface area contributed by atoms with E-state index in [4.69, 9.17) is 4.74 Å². The molecule has 4 rings (SSSR count). The molecule has 7 nitrogen and oxygen atoms in total. The number of likely N-dealkylation sites (tertiary alicyclic amines) is 1. The molecule has 8 heteroatoms. The first kappa shape index (κ1) is 23.9. The van der Waals surface area contributed by atoms with Gasteiger partial charge in [0.25, 0.3) is 0 Å². The highest BCUT2D eigenvalue weighted by atomic mass is 32.2. The van der Waals surface area contributed by atoms with Gasteiger partial charge in [-0.3, -0.25) is 14.2 Å². The summed E-state index contributed by atoms with van der Waals surface area (Å²) in [5.74, 6) is 0.884. The van der Waals surface area contributed by atoms with Gasteiger partial charge in [-0.2, -0.15) is 0 Å². The second kappa shape index (κ2) is 10.8. The maximum absolute atomic E-state index is 12.9. The zero-order valence-corrected chi connectivity index (χ0v) is 20.6. The van der Waals surface area contributed by atoms with Crippen molar-refractivity contribution < 1.29 is 14.3 Å². The van der Waals surface area contributed by atoms with Gasteiger partial charge < -0.3 is 15.0 Å². The number of ether oxygens (including phenoxy) is 1. The number of aromatic nitrogens is 2. The van der Waals surface area contributed by atoms with Crippen LogP contribution < -0.4 is 10.1 Å². The minimum absolute atomic E-state index is 0.0264. The number of nitrogens with zero attached hydrogens (tertiary/aromatic N) is 3. The molecule has 2 aromatic carbocycles. The maximum Gasteiger partial charge on any atom is 0.233 e. The number of carbonyl (C=O) groups excluding carboxylic acids is 2. The summed E-state index contributed by atoms with van der Waals surface area (Å²) >= 11 is 1.45. The molecular weight excluding hydrogens is 448 g/mol. The zero-order valence-electron chi connectivity index (χ0n) is 19.8. The van der Waals surface area contributed by atoms with Gasteiger partial charge in [0, 0.05) is 31.4 Å². The summed E-state index contributed by atoms with van der Waals surface area (Å²) in [5, 5.41) is 3.77. The lowest BCUT2D eigenvalue weighted by molar-refractivity contribution is -0.132. The third-order valence-electron chi connectivity index (χ3n) is 6.14. The van der Waals surface area contributed by atoms with Gasteiger partial charge in [-0.25, -0.2) is 4.98 Å². The van der Waals surface area contributed by atoms with Gasteiger partial charge >= 0.3 is 0 Å². The van der Waals surface area contributed by atoms with Crippen molar-refractivity contribution in [2.45, 2.75) is 31.8 Å². The van der Waals surface area contributed by atoms with Gasteiger partial charge in [-0.15, -0.1) is 0 Å². The van der Waals surface area contributed by atoms with E-state index < -0.39 is 0 Å². The van der Waals surface area contributed by atoms with E-state index in [9.17, 15) is 9.59 Å². The quantitative estimate of drug-likeness (QED) is 0.507.